The van der Waals surface area contributed by atoms with Crippen LogP contribution in [-0.2, 0) is 68.9 Å². The maximum Gasteiger partial charge on any atom is 0.339 e. The van der Waals surface area contributed by atoms with Crippen molar-refractivity contribution in [2.45, 2.75) is 109 Å². The summed E-state index contributed by atoms with van der Waals surface area (Å²) in [5.41, 5.74) is 6.67. The summed E-state index contributed by atoms with van der Waals surface area (Å²) < 4.78 is 31.8. The molecule has 3 aliphatic rings. The lowest BCUT2D eigenvalue weighted by Gasteiger charge is -2.45. The monoisotopic (exact) mass is 918 g/mol. The van der Waals surface area contributed by atoms with Crippen LogP contribution in [0.15, 0.2) is 142 Å². The first kappa shape index (κ1) is 48.1. The summed E-state index contributed by atoms with van der Waals surface area (Å²) in [4.78, 5) is 43.5. The number of benzene rings is 5. The van der Waals surface area contributed by atoms with Gasteiger partial charge in [-0.1, -0.05) is 109 Å². The van der Waals surface area contributed by atoms with E-state index < -0.39 is 42.0 Å². The first-order valence-electron chi connectivity index (χ1n) is 23.9. The third-order valence-electron chi connectivity index (χ3n) is 13.7. The molecule has 0 saturated heterocycles. The van der Waals surface area contributed by atoms with Gasteiger partial charge in [-0.3, -0.25) is 4.79 Å². The van der Waals surface area contributed by atoms with Crippen molar-refractivity contribution in [2.24, 2.45) is 5.92 Å². The van der Waals surface area contributed by atoms with E-state index >= 15 is 0 Å². The van der Waals surface area contributed by atoms with Gasteiger partial charge in [0.2, 0.25) is 0 Å². The van der Waals surface area contributed by atoms with Crippen LogP contribution in [0.2, 0.25) is 0 Å². The second kappa shape index (κ2) is 22.2. The number of carbonyl (C=O) groups excluding carboxylic acids is 2. The lowest BCUT2D eigenvalue weighted by molar-refractivity contribution is -0.192. The largest absolute Gasteiger partial charge is 0.483 e. The summed E-state index contributed by atoms with van der Waals surface area (Å²) in [6, 6.07) is 40.9. The second-order valence-electron chi connectivity index (χ2n) is 18.6. The summed E-state index contributed by atoms with van der Waals surface area (Å²) in [5, 5.41) is 21.6. The van der Waals surface area contributed by atoms with Gasteiger partial charge in [-0.2, -0.15) is 0 Å². The van der Waals surface area contributed by atoms with Crippen LogP contribution in [-0.4, -0.2) is 54.2 Å². The second-order valence-corrected chi connectivity index (χ2v) is 18.6. The van der Waals surface area contributed by atoms with Crippen molar-refractivity contribution in [2.75, 3.05) is 20.3 Å². The van der Waals surface area contributed by atoms with Crippen LogP contribution in [0.25, 0.3) is 11.0 Å². The predicted octanol–water partition coefficient (Wildman–Crippen LogP) is 9.87. The third-order valence-corrected chi connectivity index (χ3v) is 13.7. The molecule has 1 aromatic heterocycles. The minimum atomic E-state index is -1.29. The predicted molar refractivity (Wildman–Crippen MR) is 261 cm³/mol. The van der Waals surface area contributed by atoms with Crippen LogP contribution in [0.1, 0.15) is 102 Å². The molecule has 2 N–H and O–H groups in total. The van der Waals surface area contributed by atoms with Crippen LogP contribution in [0.3, 0.4) is 0 Å². The van der Waals surface area contributed by atoms with E-state index in [0.717, 1.165) is 29.5 Å². The molecule has 10 nitrogen and oxygen atoms in total. The Morgan fingerprint density at radius 2 is 1.44 bits per heavy atom. The fraction of sp³-hybridized carbons (Fsp3) is 0.362. The van der Waals surface area contributed by atoms with Gasteiger partial charge in [-0.05, 0) is 134 Å². The molecule has 0 fully saturated rings. The molecule has 4 heterocycles. The molecule has 0 aliphatic carbocycles. The van der Waals surface area contributed by atoms with E-state index in [1.807, 2.05) is 31.2 Å². The lowest BCUT2D eigenvalue weighted by atomic mass is 9.81. The highest BCUT2D eigenvalue weighted by atomic mass is 16.6. The molecule has 0 saturated carbocycles. The number of ether oxygens (including phenoxy) is 4. The molecule has 0 unspecified atom stereocenters. The number of hydrogen-bond donors (Lipinski definition) is 2. The highest BCUT2D eigenvalue weighted by molar-refractivity contribution is 5.90. The van der Waals surface area contributed by atoms with Crippen LogP contribution in [0.5, 0.6) is 5.75 Å². The number of esters is 2. The number of rotatable bonds is 14. The Bertz CT molecular complexity index is 2780. The first-order valence-corrected chi connectivity index (χ1v) is 23.9. The van der Waals surface area contributed by atoms with E-state index in [1.165, 1.54) is 23.8 Å². The quantitative estimate of drug-likeness (QED) is 0.0616. The highest BCUT2D eigenvalue weighted by Crippen LogP contribution is 2.49. The zero-order chi connectivity index (χ0) is 47.6. The Morgan fingerprint density at radius 1 is 0.735 bits per heavy atom. The zero-order valence-electron chi connectivity index (χ0n) is 39.3. The molecule has 3 aliphatic heterocycles. The Kier molecular flexibility index (Phi) is 15.7. The molecule has 6 aromatic rings. The Balaban J connectivity index is 1.21. The number of carbonyl (C=O) groups is 2. The van der Waals surface area contributed by atoms with Gasteiger partial charge < -0.3 is 33.6 Å². The van der Waals surface area contributed by atoms with E-state index in [1.54, 1.807) is 19.1 Å². The first-order chi connectivity index (χ1) is 33.0. The normalized spacial score (nSPS) is 20.5. The lowest BCUT2D eigenvalue weighted by Crippen LogP contribution is -2.54. The van der Waals surface area contributed by atoms with Gasteiger partial charge in [-0.15, -0.1) is 0 Å². The van der Waals surface area contributed by atoms with Gasteiger partial charge in [0.15, 0.2) is 12.2 Å². The van der Waals surface area contributed by atoms with Gasteiger partial charge in [0.25, 0.3) is 0 Å². The molecular weight excluding hydrogens is 857 g/mol. The Hall–Kier alpha value is -6.33. The van der Waals surface area contributed by atoms with Crippen molar-refractivity contribution >= 4 is 22.9 Å². The Labute approximate surface area is 398 Å². The zero-order valence-corrected chi connectivity index (χ0v) is 39.3. The molecule has 68 heavy (non-hydrogen) atoms. The molecule has 9 rings (SSSR count). The SMILES string of the molecule is COCCc1c(CO)c2ccc3c(c2oc1=O)[C@H]1OC(=O)C[C@H](CCc2cccc(Cc4ccccc4)c2)Cc2ccc(cc2)CC/C(=C(\C)CO)C(=O)O[C@@H]1[C@](C)(CCCc1ccccc1)O3. The van der Waals surface area contributed by atoms with Gasteiger partial charge in [0, 0.05) is 36.5 Å². The van der Waals surface area contributed by atoms with Crippen LogP contribution in [0, 0.1) is 5.92 Å². The molecule has 354 valence electrons. The van der Waals surface area contributed by atoms with E-state index in [4.69, 9.17) is 23.4 Å². The van der Waals surface area contributed by atoms with Crippen molar-refractivity contribution in [3.05, 3.63) is 193 Å². The van der Waals surface area contributed by atoms with Gasteiger partial charge >= 0.3 is 17.6 Å². The maximum atomic E-state index is 14.9. The topological polar surface area (TPSA) is 142 Å². The summed E-state index contributed by atoms with van der Waals surface area (Å²) in [6.45, 7) is 2.98. The van der Waals surface area contributed by atoms with Crippen molar-refractivity contribution in [1.29, 1.82) is 0 Å². The maximum absolute atomic E-state index is 14.9. The standard InChI is InChI=1S/C58H62O10/c1-38(36-59)46-26-25-40-19-21-43(22-20-40)34-45(24-23-42-16-10-17-44(33-42)32-41-14-8-5-9-15-41)35-51(61)65-54-52-50(28-27-47-49(37-60)48(29-31-64-3)57(63)66-53(47)52)68-58(2,55(54)67-56(46)62)30-11-18-39-12-6-4-7-13-39/h4-10,12-17,19-22,27-28,33,45,54-55,59-60H,11,18,23-26,29-32,34-37H2,1-3H3/b46-38-/t45-,54-,55+,58+/m1/s1. The van der Waals surface area contributed by atoms with Crippen LogP contribution >= 0.6 is 0 Å². The van der Waals surface area contributed by atoms with Gasteiger partial charge in [0.1, 0.15) is 16.9 Å². The smallest absolute Gasteiger partial charge is 0.339 e. The van der Waals surface area contributed by atoms with Crippen molar-refractivity contribution in [3.63, 3.8) is 0 Å². The summed E-state index contributed by atoms with van der Waals surface area (Å²) in [6.07, 6.45) is 3.15. The average molecular weight is 919 g/mol. The number of methoxy groups -OCH3 is 1. The molecule has 10 heteroatoms. The van der Waals surface area contributed by atoms with E-state index in [0.29, 0.717) is 66.4 Å². The van der Waals surface area contributed by atoms with Gasteiger partial charge in [-0.25, -0.2) is 9.59 Å². The fourth-order valence-corrected chi connectivity index (χ4v) is 9.95. The molecule has 0 amide bonds. The molecular formula is C58H62O10. The van der Waals surface area contributed by atoms with E-state index in [2.05, 4.69) is 84.9 Å². The average Bonchev–Trinajstić information content (AvgIpc) is 3.34. The van der Waals surface area contributed by atoms with Crippen LogP contribution < -0.4 is 10.4 Å². The molecule has 0 radical (unpaired) electrons. The molecule has 4 atom stereocenters. The third kappa shape index (κ3) is 11.3. The highest BCUT2D eigenvalue weighted by Gasteiger charge is 2.53. The van der Waals surface area contributed by atoms with Crippen molar-refractivity contribution in [1.82, 2.24) is 0 Å². The number of aliphatic hydroxyl groups is 2. The number of aliphatic hydroxyl groups excluding tert-OH is 2. The summed E-state index contributed by atoms with van der Waals surface area (Å²) in [7, 11) is 1.53. The number of fused-ring (bicyclic) bond motifs is 13. The van der Waals surface area contributed by atoms with Crippen LogP contribution in [0.4, 0.5) is 0 Å². The fourth-order valence-electron chi connectivity index (χ4n) is 9.95. The summed E-state index contributed by atoms with van der Waals surface area (Å²) in [5.74, 6) is -1.000. The minimum absolute atomic E-state index is 0.0517. The number of hydrogen-bond acceptors (Lipinski definition) is 10. The minimum Gasteiger partial charge on any atom is -0.483 e. The van der Waals surface area contributed by atoms with Crippen molar-refractivity contribution < 1.29 is 43.2 Å². The summed E-state index contributed by atoms with van der Waals surface area (Å²) >= 11 is 0. The van der Waals surface area contributed by atoms with Gasteiger partial charge in [0.05, 0.1) is 25.4 Å². The van der Waals surface area contributed by atoms with Crippen molar-refractivity contribution in [3.8, 4) is 5.75 Å². The molecule has 2 bridgehead atoms. The molecule has 0 spiro atoms. The van der Waals surface area contributed by atoms with E-state index in [-0.39, 0.29) is 55.1 Å². The Morgan fingerprint density at radius 3 is 2.16 bits per heavy atom. The number of aryl methyl sites for hydroxylation is 3. The van der Waals surface area contributed by atoms with E-state index in [9.17, 15) is 24.6 Å². The molecule has 5 aromatic carbocycles.